The van der Waals surface area contributed by atoms with Crippen LogP contribution in [0.15, 0.2) is 59.4 Å². The van der Waals surface area contributed by atoms with Crippen molar-refractivity contribution in [3.05, 3.63) is 68.5 Å². The molecule has 4 N–H and O–H groups in total. The Kier molecular flexibility index (Phi) is 4.49. The van der Waals surface area contributed by atoms with Gasteiger partial charge in [0.05, 0.1) is 5.56 Å². The van der Waals surface area contributed by atoms with Crippen molar-refractivity contribution < 1.29 is 0 Å². The minimum absolute atomic E-state index is 0.241. The number of hydrogen-bond acceptors (Lipinski definition) is 3. The van der Waals surface area contributed by atoms with E-state index in [1.807, 2.05) is 54.6 Å². The van der Waals surface area contributed by atoms with E-state index in [4.69, 9.17) is 18.0 Å². The summed E-state index contributed by atoms with van der Waals surface area (Å²) in [6.07, 6.45) is 0. The summed E-state index contributed by atoms with van der Waals surface area (Å²) < 4.78 is 2.36. The molecule has 0 aliphatic rings. The van der Waals surface area contributed by atoms with Crippen LogP contribution in [0, 0.1) is 3.57 Å². The molecule has 1 aromatic heterocycles. The Labute approximate surface area is 151 Å². The van der Waals surface area contributed by atoms with E-state index < -0.39 is 0 Å². The van der Waals surface area contributed by atoms with Crippen LogP contribution in [-0.2, 0) is 0 Å². The number of aromatic nitrogens is 2. The highest BCUT2D eigenvalue weighted by molar-refractivity contribution is 14.1. The summed E-state index contributed by atoms with van der Waals surface area (Å²) in [5.41, 5.74) is 7.65. The van der Waals surface area contributed by atoms with E-state index in [0.29, 0.717) is 5.56 Å². The van der Waals surface area contributed by atoms with Gasteiger partial charge in [0.25, 0.3) is 5.56 Å². The number of nitrogens with two attached hydrogens (primary N) is 1. The number of halogens is 1. The summed E-state index contributed by atoms with van der Waals surface area (Å²) in [5.74, 6) is 0.285. The molecule has 0 atom stereocenters. The second kappa shape index (κ2) is 6.55. The second-order valence-electron chi connectivity index (χ2n) is 4.84. The van der Waals surface area contributed by atoms with Crippen LogP contribution in [0.3, 0.4) is 0 Å². The maximum absolute atomic E-state index is 12.6. The highest BCUT2D eigenvalue weighted by Gasteiger charge is 2.16. The van der Waals surface area contributed by atoms with Crippen LogP contribution in [0.1, 0.15) is 0 Å². The minimum Gasteiger partial charge on any atom is -0.383 e. The number of aromatic amines is 1. The van der Waals surface area contributed by atoms with Gasteiger partial charge in [0, 0.05) is 9.26 Å². The third kappa shape index (κ3) is 3.30. The molecule has 0 saturated carbocycles. The molecule has 7 heteroatoms. The summed E-state index contributed by atoms with van der Waals surface area (Å²) in [7, 11) is 0. The SMILES string of the molecule is Nc1[nH]n(C(=S)Nc2ccc(I)cc2)c(=O)c1-c1ccccc1. The van der Waals surface area contributed by atoms with E-state index in [0.717, 1.165) is 14.8 Å². The lowest BCUT2D eigenvalue weighted by Crippen LogP contribution is -2.29. The molecule has 23 heavy (non-hydrogen) atoms. The van der Waals surface area contributed by atoms with Crippen LogP contribution >= 0.6 is 34.8 Å². The van der Waals surface area contributed by atoms with Gasteiger partial charge in [0.2, 0.25) is 0 Å². The van der Waals surface area contributed by atoms with E-state index in [2.05, 4.69) is 33.0 Å². The lowest BCUT2D eigenvalue weighted by Gasteiger charge is -2.07. The van der Waals surface area contributed by atoms with Crippen molar-refractivity contribution in [1.29, 1.82) is 0 Å². The summed E-state index contributed by atoms with van der Waals surface area (Å²) in [4.78, 5) is 12.6. The molecule has 0 unspecified atom stereocenters. The number of hydrogen-bond donors (Lipinski definition) is 3. The first kappa shape index (κ1) is 15.8. The van der Waals surface area contributed by atoms with Crippen LogP contribution in [0.5, 0.6) is 0 Å². The Morgan fingerprint density at radius 1 is 1.13 bits per heavy atom. The predicted molar refractivity (Wildman–Crippen MR) is 106 cm³/mol. The Morgan fingerprint density at radius 3 is 2.43 bits per heavy atom. The molecule has 3 aromatic rings. The van der Waals surface area contributed by atoms with Crippen molar-refractivity contribution in [1.82, 2.24) is 9.78 Å². The Morgan fingerprint density at radius 2 is 1.78 bits per heavy atom. The van der Waals surface area contributed by atoms with E-state index in [-0.39, 0.29) is 16.5 Å². The molecule has 0 amide bonds. The number of H-pyrrole nitrogens is 1. The quantitative estimate of drug-likeness (QED) is 0.426. The first-order chi connectivity index (χ1) is 11.1. The van der Waals surface area contributed by atoms with Gasteiger partial charge in [-0.2, -0.15) is 4.68 Å². The van der Waals surface area contributed by atoms with Crippen LogP contribution in [0.2, 0.25) is 0 Å². The number of anilines is 2. The average molecular weight is 436 g/mol. The fourth-order valence-electron chi connectivity index (χ4n) is 2.19. The van der Waals surface area contributed by atoms with Crippen LogP contribution in [0.25, 0.3) is 11.1 Å². The largest absolute Gasteiger partial charge is 0.383 e. The molecule has 1 heterocycles. The van der Waals surface area contributed by atoms with Gasteiger partial charge in [0.1, 0.15) is 5.82 Å². The van der Waals surface area contributed by atoms with Crippen LogP contribution < -0.4 is 16.6 Å². The van der Waals surface area contributed by atoms with Gasteiger partial charge in [-0.3, -0.25) is 9.89 Å². The molecule has 0 radical (unpaired) electrons. The van der Waals surface area contributed by atoms with Crippen molar-refractivity contribution in [2.45, 2.75) is 0 Å². The van der Waals surface area contributed by atoms with Gasteiger partial charge in [-0.15, -0.1) is 0 Å². The number of thiocarbonyl (C=S) groups is 1. The van der Waals surface area contributed by atoms with Gasteiger partial charge in [-0.1, -0.05) is 30.3 Å². The Hall–Kier alpha value is -2.13. The maximum Gasteiger partial charge on any atom is 0.283 e. The number of rotatable bonds is 2. The molecule has 0 spiro atoms. The van der Waals surface area contributed by atoms with Crippen LogP contribution in [0.4, 0.5) is 11.5 Å². The van der Waals surface area contributed by atoms with E-state index in [1.165, 1.54) is 4.68 Å². The third-order valence-electron chi connectivity index (χ3n) is 3.28. The summed E-state index contributed by atoms with van der Waals surface area (Å²) in [6.45, 7) is 0. The Bertz CT molecular complexity index is 900. The Balaban J connectivity index is 1.93. The molecule has 0 bridgehead atoms. The fraction of sp³-hybridized carbons (Fsp3) is 0. The van der Waals surface area contributed by atoms with Gasteiger partial charge in [-0.05, 0) is 64.6 Å². The minimum atomic E-state index is -0.281. The lowest BCUT2D eigenvalue weighted by atomic mass is 10.1. The number of nitrogen functional groups attached to an aromatic ring is 1. The first-order valence-electron chi connectivity index (χ1n) is 6.79. The highest BCUT2D eigenvalue weighted by atomic mass is 127. The van der Waals surface area contributed by atoms with Gasteiger partial charge >= 0.3 is 0 Å². The van der Waals surface area contributed by atoms with Crippen molar-refractivity contribution in [3.8, 4) is 11.1 Å². The molecule has 3 rings (SSSR count). The molecule has 116 valence electrons. The van der Waals surface area contributed by atoms with E-state index >= 15 is 0 Å². The topological polar surface area (TPSA) is 75.8 Å². The standard InChI is InChI=1S/C16H13IN4OS/c17-11-6-8-12(9-7-11)19-16(23)21-15(22)13(14(18)20-21)10-4-2-1-3-5-10/h1-9,20H,18H2,(H,19,23). The van der Waals surface area contributed by atoms with Crippen molar-refractivity contribution >= 4 is 51.4 Å². The maximum atomic E-state index is 12.6. The van der Waals surface area contributed by atoms with Crippen molar-refractivity contribution in [2.24, 2.45) is 0 Å². The molecule has 0 saturated heterocycles. The smallest absolute Gasteiger partial charge is 0.283 e. The van der Waals surface area contributed by atoms with E-state index in [1.54, 1.807) is 0 Å². The zero-order chi connectivity index (χ0) is 16.4. The lowest BCUT2D eigenvalue weighted by molar-refractivity contribution is 0.919. The predicted octanol–water partition coefficient (Wildman–Crippen LogP) is 3.28. The van der Waals surface area contributed by atoms with Gasteiger partial charge < -0.3 is 11.1 Å². The first-order valence-corrected chi connectivity index (χ1v) is 8.28. The molecule has 0 fully saturated rings. The zero-order valence-corrected chi connectivity index (χ0v) is 14.9. The molecular formula is C16H13IN4OS. The average Bonchev–Trinajstić information content (AvgIpc) is 2.85. The van der Waals surface area contributed by atoms with Gasteiger partial charge in [0.15, 0.2) is 5.11 Å². The zero-order valence-electron chi connectivity index (χ0n) is 11.9. The highest BCUT2D eigenvalue weighted by Crippen LogP contribution is 2.20. The molecule has 2 aromatic carbocycles. The van der Waals surface area contributed by atoms with E-state index in [9.17, 15) is 4.79 Å². The number of nitrogens with zero attached hydrogens (tertiary/aromatic N) is 1. The van der Waals surface area contributed by atoms with Crippen molar-refractivity contribution in [2.75, 3.05) is 11.1 Å². The summed E-state index contributed by atoms with van der Waals surface area (Å²) in [6, 6.07) is 16.9. The second-order valence-corrected chi connectivity index (χ2v) is 6.48. The molecule has 5 nitrogen and oxygen atoms in total. The van der Waals surface area contributed by atoms with Crippen molar-refractivity contribution in [3.63, 3.8) is 0 Å². The summed E-state index contributed by atoms with van der Waals surface area (Å²) in [5, 5.41) is 6.08. The molecular weight excluding hydrogens is 423 g/mol. The normalized spacial score (nSPS) is 10.5. The molecule has 0 aliphatic carbocycles. The monoisotopic (exact) mass is 436 g/mol. The fourth-order valence-corrected chi connectivity index (χ4v) is 2.80. The number of benzene rings is 2. The van der Waals surface area contributed by atoms with Crippen LogP contribution in [-0.4, -0.2) is 14.9 Å². The number of nitrogens with one attached hydrogen (secondary N) is 2. The third-order valence-corrected chi connectivity index (χ3v) is 4.28. The van der Waals surface area contributed by atoms with Gasteiger partial charge in [-0.25, -0.2) is 0 Å². The molecule has 0 aliphatic heterocycles. The summed E-state index contributed by atoms with van der Waals surface area (Å²) >= 11 is 7.53.